The summed E-state index contributed by atoms with van der Waals surface area (Å²) < 4.78 is 13.0. The van der Waals surface area contributed by atoms with E-state index in [0.717, 1.165) is 5.56 Å². The normalized spacial score (nSPS) is 17.4. The van der Waals surface area contributed by atoms with Crippen molar-refractivity contribution in [2.24, 2.45) is 10.7 Å². The minimum Gasteiger partial charge on any atom is -0.370 e. The molecule has 1 unspecified atom stereocenters. The molecule has 4 nitrogen and oxygen atoms in total. The molecule has 1 atom stereocenters. The zero-order valence-corrected chi connectivity index (χ0v) is 12.4. The Labute approximate surface area is 120 Å². The van der Waals surface area contributed by atoms with Crippen LogP contribution >= 0.6 is 0 Å². The van der Waals surface area contributed by atoms with Gasteiger partial charge in [0.25, 0.3) is 0 Å². The molecule has 2 rings (SSSR count). The van der Waals surface area contributed by atoms with E-state index in [4.69, 9.17) is 5.73 Å². The second-order valence-electron chi connectivity index (χ2n) is 5.57. The first-order valence-corrected chi connectivity index (χ1v) is 6.93. The molecule has 1 aromatic carbocycles. The van der Waals surface area contributed by atoms with E-state index in [-0.39, 0.29) is 11.9 Å². The number of hydrogen-bond donors (Lipinski definition) is 1. The first-order chi connectivity index (χ1) is 9.49. The lowest BCUT2D eigenvalue weighted by Crippen LogP contribution is -2.36. The zero-order valence-electron chi connectivity index (χ0n) is 12.4. The third kappa shape index (κ3) is 3.70. The topological polar surface area (TPSA) is 44.9 Å². The van der Waals surface area contributed by atoms with Crippen molar-refractivity contribution in [1.29, 1.82) is 0 Å². The lowest BCUT2D eigenvalue weighted by atomic mass is 10.1. The van der Waals surface area contributed by atoms with Crippen molar-refractivity contribution in [2.45, 2.75) is 24.9 Å². The van der Waals surface area contributed by atoms with Crippen molar-refractivity contribution < 1.29 is 4.39 Å². The molecule has 0 aromatic heterocycles. The van der Waals surface area contributed by atoms with Gasteiger partial charge in [-0.15, -0.1) is 0 Å². The van der Waals surface area contributed by atoms with Gasteiger partial charge in [-0.2, -0.15) is 0 Å². The molecular weight excluding hydrogens is 255 g/mol. The molecule has 0 heterocycles. The fourth-order valence-electron chi connectivity index (χ4n) is 2.19. The molecular formula is C15H23FN4. The molecule has 2 N–H and O–H groups in total. The number of likely N-dealkylation sites (N-methyl/N-ethyl adjacent to an activating group) is 1. The summed E-state index contributed by atoms with van der Waals surface area (Å²) in [7, 11) is 5.97. The molecule has 0 aliphatic heterocycles. The van der Waals surface area contributed by atoms with Gasteiger partial charge in [0.2, 0.25) is 0 Å². The van der Waals surface area contributed by atoms with E-state index in [2.05, 4.69) is 9.89 Å². The predicted molar refractivity (Wildman–Crippen MR) is 80.1 cm³/mol. The second-order valence-corrected chi connectivity index (χ2v) is 5.57. The van der Waals surface area contributed by atoms with Gasteiger partial charge in [-0.25, -0.2) is 4.39 Å². The van der Waals surface area contributed by atoms with Gasteiger partial charge >= 0.3 is 0 Å². The molecule has 20 heavy (non-hydrogen) atoms. The maximum absolute atomic E-state index is 13.0. The predicted octanol–water partition coefficient (Wildman–Crippen LogP) is 1.84. The standard InChI is InChI=1S/C15H23FN4/c1-19(2)14(11-4-6-12(16)7-5-11)10-18-15(17)20(3)13-8-9-13/h4-7,13-14H,8-10H2,1-3H3,(H2,17,18). The van der Waals surface area contributed by atoms with E-state index in [1.807, 2.05) is 26.0 Å². The lowest BCUT2D eigenvalue weighted by Gasteiger charge is -2.24. The van der Waals surface area contributed by atoms with Gasteiger partial charge < -0.3 is 15.5 Å². The van der Waals surface area contributed by atoms with Crippen molar-refractivity contribution in [3.05, 3.63) is 35.6 Å². The molecule has 1 fully saturated rings. The van der Waals surface area contributed by atoms with Crippen LogP contribution in [0.1, 0.15) is 24.4 Å². The average Bonchev–Trinajstić information content (AvgIpc) is 3.24. The summed E-state index contributed by atoms with van der Waals surface area (Å²) in [5, 5.41) is 0. The van der Waals surface area contributed by atoms with Gasteiger partial charge in [-0.3, -0.25) is 4.99 Å². The van der Waals surface area contributed by atoms with Crippen LogP contribution in [0.5, 0.6) is 0 Å². The summed E-state index contributed by atoms with van der Waals surface area (Å²) in [5.41, 5.74) is 7.05. The molecule has 110 valence electrons. The van der Waals surface area contributed by atoms with Gasteiger partial charge in [0, 0.05) is 13.1 Å². The summed E-state index contributed by atoms with van der Waals surface area (Å²) >= 11 is 0. The summed E-state index contributed by atoms with van der Waals surface area (Å²) in [5.74, 6) is 0.365. The van der Waals surface area contributed by atoms with Gasteiger partial charge in [0.1, 0.15) is 5.82 Å². The molecule has 0 radical (unpaired) electrons. The van der Waals surface area contributed by atoms with Crippen molar-refractivity contribution in [3.63, 3.8) is 0 Å². The number of halogens is 1. The number of nitrogens with two attached hydrogens (primary N) is 1. The third-order valence-electron chi connectivity index (χ3n) is 3.76. The van der Waals surface area contributed by atoms with Crippen LogP contribution in [0.15, 0.2) is 29.3 Å². The number of hydrogen-bond acceptors (Lipinski definition) is 2. The zero-order chi connectivity index (χ0) is 14.7. The van der Waals surface area contributed by atoms with Crippen molar-refractivity contribution >= 4 is 5.96 Å². The molecule has 1 aliphatic rings. The second kappa shape index (κ2) is 6.22. The van der Waals surface area contributed by atoms with Crippen LogP contribution in [0.2, 0.25) is 0 Å². The summed E-state index contributed by atoms with van der Waals surface area (Å²) in [4.78, 5) is 8.60. The van der Waals surface area contributed by atoms with Crippen LogP contribution < -0.4 is 5.73 Å². The molecule has 0 bridgehead atoms. The Balaban J connectivity index is 2.05. The minimum atomic E-state index is -0.220. The minimum absolute atomic E-state index is 0.0988. The average molecular weight is 278 g/mol. The maximum atomic E-state index is 13.0. The monoisotopic (exact) mass is 278 g/mol. The van der Waals surface area contributed by atoms with Crippen LogP contribution in [-0.2, 0) is 0 Å². The van der Waals surface area contributed by atoms with Crippen molar-refractivity contribution in [2.75, 3.05) is 27.7 Å². The van der Waals surface area contributed by atoms with Crippen LogP contribution in [-0.4, -0.2) is 49.5 Å². The lowest BCUT2D eigenvalue weighted by molar-refractivity contribution is 0.305. The molecule has 5 heteroatoms. The Hall–Kier alpha value is -1.62. The van der Waals surface area contributed by atoms with Crippen LogP contribution in [0.25, 0.3) is 0 Å². The van der Waals surface area contributed by atoms with E-state index in [1.54, 1.807) is 12.1 Å². The van der Waals surface area contributed by atoms with Crippen LogP contribution in [0, 0.1) is 5.82 Å². The largest absolute Gasteiger partial charge is 0.370 e. The Morgan fingerprint density at radius 3 is 2.40 bits per heavy atom. The highest BCUT2D eigenvalue weighted by Crippen LogP contribution is 2.25. The summed E-state index contributed by atoms with van der Waals surface area (Å²) in [6.45, 7) is 0.571. The third-order valence-corrected chi connectivity index (χ3v) is 3.76. The number of benzene rings is 1. The molecule has 1 aliphatic carbocycles. The first-order valence-electron chi connectivity index (χ1n) is 6.93. The molecule has 0 spiro atoms. The van der Waals surface area contributed by atoms with Gasteiger partial charge in [-0.05, 0) is 44.6 Å². The Bertz CT molecular complexity index is 465. The quantitative estimate of drug-likeness (QED) is 0.660. The van der Waals surface area contributed by atoms with E-state index >= 15 is 0 Å². The molecule has 1 aromatic rings. The van der Waals surface area contributed by atoms with E-state index in [1.165, 1.54) is 25.0 Å². The van der Waals surface area contributed by atoms with E-state index in [0.29, 0.717) is 18.5 Å². The van der Waals surface area contributed by atoms with Crippen LogP contribution in [0.4, 0.5) is 4.39 Å². The maximum Gasteiger partial charge on any atom is 0.191 e. The number of rotatable bonds is 5. The smallest absolute Gasteiger partial charge is 0.191 e. The highest BCUT2D eigenvalue weighted by molar-refractivity contribution is 5.78. The van der Waals surface area contributed by atoms with E-state index in [9.17, 15) is 4.39 Å². The van der Waals surface area contributed by atoms with Gasteiger partial charge in [0.15, 0.2) is 5.96 Å². The first kappa shape index (κ1) is 14.8. The van der Waals surface area contributed by atoms with Gasteiger partial charge in [0.05, 0.1) is 12.6 Å². The fraction of sp³-hybridized carbons (Fsp3) is 0.533. The van der Waals surface area contributed by atoms with Crippen molar-refractivity contribution in [1.82, 2.24) is 9.80 Å². The van der Waals surface area contributed by atoms with Crippen LogP contribution in [0.3, 0.4) is 0 Å². The number of nitrogens with zero attached hydrogens (tertiary/aromatic N) is 3. The Kier molecular flexibility index (Phi) is 4.60. The number of guanidine groups is 1. The SMILES string of the molecule is CN(C)C(CN=C(N)N(C)C1CC1)c1ccc(F)cc1. The number of aliphatic imine (C=N–C) groups is 1. The Morgan fingerprint density at radius 1 is 1.30 bits per heavy atom. The summed E-state index contributed by atoms with van der Waals surface area (Å²) in [6, 6.07) is 7.22. The highest BCUT2D eigenvalue weighted by Gasteiger charge is 2.27. The fourth-order valence-corrected chi connectivity index (χ4v) is 2.19. The van der Waals surface area contributed by atoms with Crippen molar-refractivity contribution in [3.8, 4) is 0 Å². The highest BCUT2D eigenvalue weighted by atomic mass is 19.1. The summed E-state index contributed by atoms with van der Waals surface area (Å²) in [6.07, 6.45) is 2.39. The Morgan fingerprint density at radius 2 is 1.90 bits per heavy atom. The molecule has 1 saturated carbocycles. The van der Waals surface area contributed by atoms with Gasteiger partial charge in [-0.1, -0.05) is 12.1 Å². The molecule has 0 amide bonds. The molecule has 0 saturated heterocycles. The van der Waals surface area contributed by atoms with E-state index < -0.39 is 0 Å².